The molecule has 0 N–H and O–H groups in total. The molecule has 0 spiro atoms. The molecule has 0 atom stereocenters. The number of nitro benzene ring substituents is 3. The second-order valence-corrected chi connectivity index (χ2v) is 25.3. The molecule has 0 bridgehead atoms. The fourth-order valence-corrected chi connectivity index (χ4v) is 13.0. The van der Waals surface area contributed by atoms with E-state index in [1.54, 1.807) is 97.1 Å². The van der Waals surface area contributed by atoms with E-state index in [1.807, 2.05) is 130 Å². The van der Waals surface area contributed by atoms with Gasteiger partial charge in [-0.25, -0.2) is 18.8 Å². The molecule has 3 heterocycles. The Hall–Kier alpha value is -14.6. The van der Waals surface area contributed by atoms with Gasteiger partial charge in [0.25, 0.3) is 17.1 Å². The number of nitrogens with zero attached hydrogens (tertiary/aromatic N) is 9. The third kappa shape index (κ3) is 16.1. The van der Waals surface area contributed by atoms with Gasteiger partial charge in [-0.3, -0.25) is 44.7 Å². The van der Waals surface area contributed by atoms with Crippen LogP contribution in [0.4, 0.5) is 21.5 Å². The molecular weight excluding hydrogens is 1410 g/mol. The van der Waals surface area contributed by atoms with Crippen LogP contribution in [0.2, 0.25) is 0 Å². The predicted molar refractivity (Wildman–Crippen MR) is 417 cm³/mol. The molecule has 110 heavy (non-hydrogen) atoms. The van der Waals surface area contributed by atoms with Gasteiger partial charge in [0.2, 0.25) is 17.3 Å². The summed E-state index contributed by atoms with van der Waals surface area (Å²) >= 11 is 0. The summed E-state index contributed by atoms with van der Waals surface area (Å²) in [5.74, 6) is -3.93. The summed E-state index contributed by atoms with van der Waals surface area (Å²) in [6.07, 6.45) is 4.31. The minimum atomic E-state index is -0.747. The van der Waals surface area contributed by atoms with Crippen LogP contribution >= 0.6 is 0 Å². The van der Waals surface area contributed by atoms with E-state index in [0.29, 0.717) is 28.8 Å². The minimum absolute atomic E-state index is 0.0101. The molecule has 0 saturated carbocycles. The van der Waals surface area contributed by atoms with Crippen LogP contribution in [0.25, 0.3) is 82.5 Å². The molecular formula is C85H66FN9O15. The number of aromatic nitrogens is 3. The number of unbranched alkanes of at least 4 members (excludes halogenated alkanes) is 3. The maximum atomic E-state index is 14.4. The van der Waals surface area contributed by atoms with Gasteiger partial charge >= 0.3 is 17.9 Å². The van der Waals surface area contributed by atoms with E-state index in [1.165, 1.54) is 56.3 Å². The summed E-state index contributed by atoms with van der Waals surface area (Å²) in [5.41, 5.74) is 9.58. The Balaban J connectivity index is 0.000000154. The lowest BCUT2D eigenvalue weighted by Crippen LogP contribution is -2.18. The van der Waals surface area contributed by atoms with E-state index in [2.05, 4.69) is 27.2 Å². The number of halogens is 1. The first-order valence-electron chi connectivity index (χ1n) is 34.6. The molecule has 0 aliphatic carbocycles. The molecule has 3 aromatic heterocycles. The van der Waals surface area contributed by atoms with Gasteiger partial charge < -0.3 is 28.2 Å². The number of para-hydroxylation sites is 3. The number of rotatable bonds is 22. The summed E-state index contributed by atoms with van der Waals surface area (Å²) in [4.78, 5) is 121. The first-order chi connectivity index (χ1) is 53.1. The highest BCUT2D eigenvalue weighted by Gasteiger charge is 2.26. The molecule has 548 valence electrons. The first-order valence-corrected chi connectivity index (χ1v) is 34.6. The monoisotopic (exact) mass is 1470 g/mol. The number of carbonyl (C=O) groups is 6. The van der Waals surface area contributed by atoms with Gasteiger partial charge in [-0.2, -0.15) is 0 Å². The zero-order valence-corrected chi connectivity index (χ0v) is 59.7. The molecule has 14 aromatic rings. The van der Waals surface area contributed by atoms with Crippen LogP contribution in [0.1, 0.15) is 108 Å². The van der Waals surface area contributed by atoms with Crippen LogP contribution < -0.4 is 0 Å². The number of oxime groups is 3. The average molecular weight is 1470 g/mol. The Kier molecular flexibility index (Phi) is 22.7. The van der Waals surface area contributed by atoms with Crippen molar-refractivity contribution < 1.29 is 62.4 Å². The number of hydrogen-bond acceptors (Lipinski definition) is 18. The Morgan fingerprint density at radius 1 is 0.373 bits per heavy atom. The number of Topliss-reactive ketones (excluding diaryl/α,β-unsaturated/α-hetero) is 3. The molecule has 0 amide bonds. The van der Waals surface area contributed by atoms with Gasteiger partial charge in [0, 0.05) is 134 Å². The zero-order chi connectivity index (χ0) is 77.9. The topological polar surface area (TPSA) is 311 Å². The molecule has 0 radical (unpaired) electrons. The summed E-state index contributed by atoms with van der Waals surface area (Å²) in [5, 5.41) is 50.2. The van der Waals surface area contributed by atoms with Crippen molar-refractivity contribution in [2.45, 2.75) is 66.7 Å². The Morgan fingerprint density at radius 3 is 1.06 bits per heavy atom. The lowest BCUT2D eigenvalue weighted by Gasteiger charge is -2.11. The van der Waals surface area contributed by atoms with Crippen LogP contribution in [0.15, 0.2) is 264 Å². The molecule has 0 unspecified atom stereocenters. The normalized spacial score (nSPS) is 11.6. The van der Waals surface area contributed by atoms with Crippen LogP contribution in [0, 0.1) is 43.1 Å². The van der Waals surface area contributed by atoms with Crippen molar-refractivity contribution in [1.29, 1.82) is 0 Å². The fraction of sp³-hybridized carbons (Fsp3) is 0.118. The highest BCUT2D eigenvalue weighted by Crippen LogP contribution is 2.38. The van der Waals surface area contributed by atoms with Gasteiger partial charge in [-0.1, -0.05) is 133 Å². The summed E-state index contributed by atoms with van der Waals surface area (Å²) < 4.78 is 20.4. The van der Waals surface area contributed by atoms with Gasteiger partial charge in [-0.05, 0) is 147 Å². The second kappa shape index (κ2) is 33.2. The van der Waals surface area contributed by atoms with E-state index in [4.69, 9.17) is 9.68 Å². The third-order valence-electron chi connectivity index (χ3n) is 18.1. The number of fused-ring (bicyclic) bond motifs is 9. The Bertz CT molecular complexity index is 5860. The standard InChI is InChI=1S/C29H21N3O5.C28H18FN3O5.C28H27N3O5/c1-18-7-3-4-8-23(18)28(30-37-19(2)33)29(34)20-11-13-21(14-12-20)31-26-10-6-5-9-24(26)25-17-22(32(35)36)15-16-27(25)31;1-17(33)37-30-27(22-7-2-4-8-24(22)29)28(34)18-10-12-19(13-11-18)31-25-9-5-3-6-21(25)23-16-20(32(35)36)14-15-26(23)31;1-3-4-5-6-10-25(29-36-19(2)32)28(33)20-12-14-21(15-13-20)30-26-11-8-7-9-23(26)24-18-22(31(34)35)16-17-27(24)30/h3-17H,1-2H3;2-16H,1H3;7-9,11-18H,3-6,10H2,1-2H3/b30-28-;30-27-;29-25-. The number of nitro groups is 3. The zero-order valence-electron chi connectivity index (χ0n) is 59.7. The van der Waals surface area contributed by atoms with Crippen molar-refractivity contribution in [3.8, 4) is 17.1 Å². The Morgan fingerprint density at radius 2 is 0.700 bits per heavy atom. The van der Waals surface area contributed by atoms with Crippen molar-refractivity contribution in [3.05, 3.63) is 318 Å². The summed E-state index contributed by atoms with van der Waals surface area (Å²) in [6, 6.07) is 70.7. The number of carbonyl (C=O) groups excluding carboxylic acids is 6. The van der Waals surface area contributed by atoms with E-state index in [9.17, 15) is 63.5 Å². The quantitative estimate of drug-likeness (QED) is 0.0152. The predicted octanol–water partition coefficient (Wildman–Crippen LogP) is 18.9. The maximum absolute atomic E-state index is 14.4. The van der Waals surface area contributed by atoms with Crippen molar-refractivity contribution >= 4 is 135 Å². The molecule has 0 saturated heterocycles. The number of ketones is 3. The summed E-state index contributed by atoms with van der Waals surface area (Å²) in [7, 11) is 0. The highest BCUT2D eigenvalue weighted by atomic mass is 19.1. The minimum Gasteiger partial charge on any atom is -0.318 e. The molecule has 11 aromatic carbocycles. The lowest BCUT2D eigenvalue weighted by molar-refractivity contribution is -0.384. The van der Waals surface area contributed by atoms with E-state index in [-0.39, 0.29) is 56.9 Å². The van der Waals surface area contributed by atoms with E-state index >= 15 is 0 Å². The second-order valence-electron chi connectivity index (χ2n) is 25.3. The molecule has 14 rings (SSSR count). The van der Waals surface area contributed by atoms with Crippen LogP contribution in [-0.4, -0.2) is 80.9 Å². The SMILES string of the molecule is CC(=O)O/N=C(\C(=O)c1ccc(-n2c3ccccc3c3cc([N+](=O)[O-])ccc32)cc1)c1ccccc1C.CC(=O)O/N=C(\C(=O)c1ccc(-n2c3ccccc3c3cc([N+](=O)[O-])ccc32)cc1)c1ccccc1F.CCCCCC/C(=N/OC(C)=O)C(=O)c1ccc(-n2c3ccccc3c3cc([N+](=O)[O-])ccc32)cc1. The largest absolute Gasteiger partial charge is 0.332 e. The van der Waals surface area contributed by atoms with Crippen molar-refractivity contribution in [2.24, 2.45) is 15.5 Å². The summed E-state index contributed by atoms with van der Waals surface area (Å²) in [6.45, 7) is 7.55. The van der Waals surface area contributed by atoms with Crippen LogP contribution in [0.3, 0.4) is 0 Å². The first kappa shape index (κ1) is 75.1. The van der Waals surface area contributed by atoms with Gasteiger partial charge in [-0.15, -0.1) is 0 Å². The van der Waals surface area contributed by atoms with Crippen molar-refractivity contribution in [3.63, 3.8) is 0 Å². The smallest absolute Gasteiger partial charge is 0.318 e. The van der Waals surface area contributed by atoms with Gasteiger partial charge in [0.05, 0.1) is 47.9 Å². The maximum Gasteiger partial charge on any atom is 0.332 e. The number of non-ortho nitro benzene ring substituents is 3. The van der Waals surface area contributed by atoms with Crippen molar-refractivity contribution in [1.82, 2.24) is 13.7 Å². The molecule has 0 fully saturated rings. The van der Waals surface area contributed by atoms with Gasteiger partial charge in [0.1, 0.15) is 11.5 Å². The van der Waals surface area contributed by atoms with Crippen LogP contribution in [0.5, 0.6) is 0 Å². The number of aryl methyl sites for hydroxylation is 1. The Labute approximate surface area is 625 Å². The molecule has 0 aliphatic heterocycles. The van der Waals surface area contributed by atoms with Crippen LogP contribution in [-0.2, 0) is 28.9 Å². The van der Waals surface area contributed by atoms with E-state index < -0.39 is 44.3 Å². The fourth-order valence-electron chi connectivity index (χ4n) is 13.0. The lowest BCUT2D eigenvalue weighted by atomic mass is 9.97. The van der Waals surface area contributed by atoms with Gasteiger partial charge in [0.15, 0.2) is 11.4 Å². The molecule has 25 heteroatoms. The molecule has 24 nitrogen and oxygen atoms in total. The number of benzene rings is 11. The van der Waals surface area contributed by atoms with E-state index in [0.717, 1.165) is 115 Å². The average Bonchev–Trinajstić information content (AvgIpc) is 1.61. The third-order valence-corrected chi connectivity index (χ3v) is 18.1. The number of hydrogen-bond donors (Lipinski definition) is 0. The highest BCUT2D eigenvalue weighted by molar-refractivity contribution is 6.52. The van der Waals surface area contributed by atoms with Crippen molar-refractivity contribution in [2.75, 3.05) is 0 Å². The molecule has 0 aliphatic rings.